The topological polar surface area (TPSA) is 70.6 Å². The molecule has 2 heterocycles. The Hall–Kier alpha value is -3.04. The second-order valence-corrected chi connectivity index (χ2v) is 6.49. The number of rotatable bonds is 5. The summed E-state index contributed by atoms with van der Waals surface area (Å²) in [6, 6.07) is 5.16. The second kappa shape index (κ2) is 7.91. The van der Waals surface area contributed by atoms with Crippen molar-refractivity contribution in [1.82, 2.24) is 9.97 Å². The molecule has 7 nitrogen and oxygen atoms in total. The number of benzene rings is 1. The highest BCUT2D eigenvalue weighted by Gasteiger charge is 2.33. The van der Waals surface area contributed by atoms with Crippen molar-refractivity contribution >= 4 is 23.4 Å². The average Bonchev–Trinajstić information content (AvgIpc) is 3.15. The monoisotopic (exact) mass is 395 g/mol. The quantitative estimate of drug-likeness (QED) is 0.838. The van der Waals surface area contributed by atoms with E-state index in [0.29, 0.717) is 17.5 Å². The van der Waals surface area contributed by atoms with Crippen LogP contribution in [0, 0.1) is 0 Å². The van der Waals surface area contributed by atoms with E-state index < -0.39 is 18.0 Å². The average molecular weight is 395 g/mol. The number of carbonyl (C=O) groups is 1. The number of amides is 1. The number of nitrogens with one attached hydrogen (secondary N) is 1. The van der Waals surface area contributed by atoms with Gasteiger partial charge in [-0.15, -0.1) is 13.2 Å². The second-order valence-electron chi connectivity index (χ2n) is 6.49. The lowest BCUT2D eigenvalue weighted by atomic mass is 10.2. The molecule has 28 heavy (non-hydrogen) atoms. The van der Waals surface area contributed by atoms with Gasteiger partial charge in [-0.2, -0.15) is 4.98 Å². The lowest BCUT2D eigenvalue weighted by Gasteiger charge is -2.21. The number of aromatic nitrogens is 2. The van der Waals surface area contributed by atoms with E-state index in [1.807, 2.05) is 4.90 Å². The summed E-state index contributed by atoms with van der Waals surface area (Å²) < 4.78 is 41.7. The molecule has 1 amide bonds. The van der Waals surface area contributed by atoms with E-state index in [9.17, 15) is 18.0 Å². The maximum atomic E-state index is 12.6. The molecule has 0 radical (unpaired) electrons. The van der Waals surface area contributed by atoms with E-state index >= 15 is 0 Å². The van der Waals surface area contributed by atoms with Gasteiger partial charge in [0.2, 0.25) is 5.95 Å². The number of alkyl halides is 3. The summed E-state index contributed by atoms with van der Waals surface area (Å²) in [5, 5.41) is 2.58. The highest BCUT2D eigenvalue weighted by Crippen LogP contribution is 2.29. The summed E-state index contributed by atoms with van der Waals surface area (Å²) in [6.07, 6.45) is -1.31. The third-order valence-electron chi connectivity index (χ3n) is 4.17. The molecule has 1 aliphatic rings. The number of hydrogen-bond acceptors (Lipinski definition) is 6. The minimum absolute atomic E-state index is 0.242. The van der Waals surface area contributed by atoms with E-state index in [2.05, 4.69) is 20.0 Å². The predicted molar refractivity (Wildman–Crippen MR) is 98.9 cm³/mol. The van der Waals surface area contributed by atoms with Gasteiger partial charge in [0.05, 0.1) is 11.8 Å². The Bertz CT molecular complexity index is 851. The summed E-state index contributed by atoms with van der Waals surface area (Å²) in [5.41, 5.74) is 0.0490. The lowest BCUT2D eigenvalue weighted by Crippen LogP contribution is -2.24. The predicted octanol–water partition coefficient (Wildman–Crippen LogP) is 3.29. The largest absolute Gasteiger partial charge is 0.573 e. The molecule has 0 bridgehead atoms. The Kier molecular flexibility index (Phi) is 5.57. The van der Waals surface area contributed by atoms with Crippen LogP contribution in [0.1, 0.15) is 23.2 Å². The van der Waals surface area contributed by atoms with Crippen molar-refractivity contribution in [2.75, 3.05) is 42.3 Å². The molecule has 1 N–H and O–H groups in total. The number of halogens is 3. The van der Waals surface area contributed by atoms with Crippen molar-refractivity contribution in [3.05, 3.63) is 36.0 Å². The molecule has 1 aliphatic heterocycles. The van der Waals surface area contributed by atoms with Crippen LogP contribution in [0.5, 0.6) is 5.75 Å². The summed E-state index contributed by atoms with van der Waals surface area (Å²) in [6.45, 7) is 1.72. The zero-order valence-electron chi connectivity index (χ0n) is 15.5. The summed E-state index contributed by atoms with van der Waals surface area (Å²) >= 11 is 0. The van der Waals surface area contributed by atoms with Gasteiger partial charge in [-0.25, -0.2) is 4.98 Å². The van der Waals surface area contributed by atoms with Crippen molar-refractivity contribution in [3.8, 4) is 5.75 Å². The van der Waals surface area contributed by atoms with Crippen molar-refractivity contribution in [2.24, 2.45) is 0 Å². The van der Waals surface area contributed by atoms with Crippen LogP contribution >= 0.6 is 0 Å². The molecule has 3 rings (SSSR count). The van der Waals surface area contributed by atoms with Crippen LogP contribution in [0.3, 0.4) is 0 Å². The fraction of sp³-hybridized carbons (Fsp3) is 0.389. The maximum absolute atomic E-state index is 12.6. The van der Waals surface area contributed by atoms with Crippen LogP contribution in [0.15, 0.2) is 30.5 Å². The zero-order valence-corrected chi connectivity index (χ0v) is 15.5. The van der Waals surface area contributed by atoms with Gasteiger partial charge in [0, 0.05) is 27.2 Å². The summed E-state index contributed by atoms with van der Waals surface area (Å²) in [5.74, 6) is -0.312. The van der Waals surface area contributed by atoms with Crippen molar-refractivity contribution in [1.29, 1.82) is 0 Å². The van der Waals surface area contributed by atoms with Gasteiger partial charge in [0.1, 0.15) is 11.4 Å². The van der Waals surface area contributed by atoms with Crippen LogP contribution in [0.25, 0.3) is 0 Å². The van der Waals surface area contributed by atoms with Crippen LogP contribution < -0.4 is 19.9 Å². The van der Waals surface area contributed by atoms with Gasteiger partial charge < -0.3 is 19.9 Å². The molecule has 1 aromatic heterocycles. The fourth-order valence-electron chi connectivity index (χ4n) is 2.92. The van der Waals surface area contributed by atoms with E-state index in [1.165, 1.54) is 24.4 Å². The number of hydrogen-bond donors (Lipinski definition) is 1. The number of para-hydroxylation sites is 1. The molecule has 0 spiro atoms. The first-order valence-electron chi connectivity index (χ1n) is 8.70. The Morgan fingerprint density at radius 3 is 2.54 bits per heavy atom. The number of carbonyl (C=O) groups excluding carboxylic acids is 1. The minimum atomic E-state index is -4.90. The van der Waals surface area contributed by atoms with E-state index in [-0.39, 0.29) is 5.56 Å². The zero-order chi connectivity index (χ0) is 20.3. The Labute approximate surface area is 160 Å². The Morgan fingerprint density at radius 2 is 1.89 bits per heavy atom. The Balaban J connectivity index is 1.86. The van der Waals surface area contributed by atoms with Crippen LogP contribution in [-0.4, -0.2) is 49.4 Å². The number of anilines is 3. The van der Waals surface area contributed by atoms with Gasteiger partial charge in [0.25, 0.3) is 5.91 Å². The smallest absolute Gasteiger partial charge is 0.405 e. The third kappa shape index (κ3) is 4.62. The molecule has 1 fully saturated rings. The molecule has 1 aromatic carbocycles. The van der Waals surface area contributed by atoms with Gasteiger partial charge in [-0.3, -0.25) is 4.79 Å². The molecule has 10 heteroatoms. The van der Waals surface area contributed by atoms with E-state index in [1.54, 1.807) is 19.0 Å². The van der Waals surface area contributed by atoms with Crippen molar-refractivity contribution in [3.63, 3.8) is 0 Å². The number of nitrogens with zero attached hydrogens (tertiary/aromatic N) is 4. The molecule has 150 valence electrons. The highest BCUT2D eigenvalue weighted by atomic mass is 19.4. The molecule has 0 saturated carbocycles. The first-order valence-corrected chi connectivity index (χ1v) is 8.70. The summed E-state index contributed by atoms with van der Waals surface area (Å²) in [4.78, 5) is 25.1. The van der Waals surface area contributed by atoms with Gasteiger partial charge >= 0.3 is 6.36 Å². The third-order valence-corrected chi connectivity index (χ3v) is 4.17. The fourth-order valence-corrected chi connectivity index (χ4v) is 2.92. The molecule has 0 aliphatic carbocycles. The molecule has 1 saturated heterocycles. The van der Waals surface area contributed by atoms with E-state index in [0.717, 1.165) is 32.0 Å². The number of ether oxygens (including phenoxy) is 1. The van der Waals surface area contributed by atoms with Gasteiger partial charge in [-0.1, -0.05) is 12.1 Å². The highest BCUT2D eigenvalue weighted by molar-refractivity contribution is 6.07. The van der Waals surface area contributed by atoms with Crippen LogP contribution in [-0.2, 0) is 0 Å². The summed E-state index contributed by atoms with van der Waals surface area (Å²) in [7, 11) is 3.51. The van der Waals surface area contributed by atoms with Gasteiger partial charge in [0.15, 0.2) is 5.82 Å². The van der Waals surface area contributed by atoms with E-state index in [4.69, 9.17) is 0 Å². The Morgan fingerprint density at radius 1 is 1.21 bits per heavy atom. The maximum Gasteiger partial charge on any atom is 0.573 e. The SMILES string of the molecule is CN(C)c1nc(N2CCCC2)ncc1NC(=O)c1ccccc1OC(F)(F)F. The molecular weight excluding hydrogens is 375 g/mol. The lowest BCUT2D eigenvalue weighted by molar-refractivity contribution is -0.274. The van der Waals surface area contributed by atoms with Crippen molar-refractivity contribution in [2.45, 2.75) is 19.2 Å². The first-order chi connectivity index (χ1) is 13.2. The molecule has 2 aromatic rings. The van der Waals surface area contributed by atoms with Crippen molar-refractivity contribution < 1.29 is 22.7 Å². The normalized spacial score (nSPS) is 14.1. The van der Waals surface area contributed by atoms with Crippen LogP contribution in [0.2, 0.25) is 0 Å². The molecule has 0 atom stereocenters. The molecule has 0 unspecified atom stereocenters. The molecular formula is C18H20F3N5O2. The first kappa shape index (κ1) is 19.7. The standard InChI is InChI=1S/C18H20F3N5O2/c1-25(2)15-13(11-22-17(24-15)26-9-5-6-10-26)23-16(27)12-7-3-4-8-14(12)28-18(19,20)21/h3-4,7-8,11H,5-6,9-10H2,1-2H3,(H,23,27). The minimum Gasteiger partial charge on any atom is -0.405 e. The van der Waals surface area contributed by atoms with Gasteiger partial charge in [-0.05, 0) is 25.0 Å². The van der Waals surface area contributed by atoms with Crippen LogP contribution in [0.4, 0.5) is 30.6 Å².